The number of carbonyl (C=O) groups excluding carboxylic acids is 1. The molecule has 0 atom stereocenters. The summed E-state index contributed by atoms with van der Waals surface area (Å²) in [6, 6.07) is 3.81. The number of carbonyl (C=O) groups is 1. The van der Waals surface area contributed by atoms with Gasteiger partial charge in [0.2, 0.25) is 11.5 Å². The summed E-state index contributed by atoms with van der Waals surface area (Å²) >= 11 is 6.58. The van der Waals surface area contributed by atoms with Crippen LogP contribution in [-0.4, -0.2) is 51.3 Å². The van der Waals surface area contributed by atoms with Crippen molar-refractivity contribution in [2.45, 2.75) is 57.5 Å². The van der Waals surface area contributed by atoms with E-state index in [4.69, 9.17) is 16.3 Å². The minimum atomic E-state index is -0.266. The zero-order valence-corrected chi connectivity index (χ0v) is 18.9. The molecule has 0 spiro atoms. The van der Waals surface area contributed by atoms with E-state index in [0.717, 1.165) is 31.2 Å². The Labute approximate surface area is 191 Å². The molecule has 2 aromatic rings. The van der Waals surface area contributed by atoms with Crippen molar-refractivity contribution in [3.05, 3.63) is 44.0 Å². The van der Waals surface area contributed by atoms with E-state index in [-0.39, 0.29) is 24.1 Å². The van der Waals surface area contributed by atoms with E-state index < -0.39 is 0 Å². The predicted molar refractivity (Wildman–Crippen MR) is 122 cm³/mol. The maximum Gasteiger partial charge on any atom is 0.274 e. The number of hydrogen-bond acceptors (Lipinski definition) is 5. The number of aromatic nitrogens is 2. The van der Waals surface area contributed by atoms with Crippen LogP contribution in [0.3, 0.4) is 0 Å². The Morgan fingerprint density at radius 1 is 1.34 bits per heavy atom. The molecule has 1 aliphatic carbocycles. The molecule has 2 aliphatic rings. The maximum absolute atomic E-state index is 12.7. The third-order valence-electron chi connectivity index (χ3n) is 6.26. The van der Waals surface area contributed by atoms with Crippen molar-refractivity contribution in [1.29, 1.82) is 0 Å². The molecule has 2 heterocycles. The summed E-state index contributed by atoms with van der Waals surface area (Å²) in [6.45, 7) is 4.91. The molecule has 1 fully saturated rings. The monoisotopic (exact) mass is 460 g/mol. The van der Waals surface area contributed by atoms with Crippen LogP contribution in [0.4, 0.5) is 5.69 Å². The number of rotatable bonds is 8. The Morgan fingerprint density at radius 2 is 2.12 bits per heavy atom. The number of aliphatic hydroxyl groups is 1. The summed E-state index contributed by atoms with van der Waals surface area (Å²) in [4.78, 5) is 33.5. The van der Waals surface area contributed by atoms with Crippen LogP contribution in [0.2, 0.25) is 5.02 Å². The molecule has 2 N–H and O–H groups in total. The van der Waals surface area contributed by atoms with Crippen LogP contribution < -0.4 is 21.3 Å². The van der Waals surface area contributed by atoms with Gasteiger partial charge in [0, 0.05) is 24.6 Å². The quantitative estimate of drug-likeness (QED) is 0.501. The lowest BCUT2D eigenvalue weighted by atomic mass is 9.94. The van der Waals surface area contributed by atoms with Crippen molar-refractivity contribution in [2.75, 3.05) is 19.8 Å². The largest absolute Gasteiger partial charge is 0.492 e. The number of fused-ring (bicyclic) bond motifs is 2. The summed E-state index contributed by atoms with van der Waals surface area (Å²) in [5.41, 5.74) is 1.65. The van der Waals surface area contributed by atoms with E-state index in [1.54, 1.807) is 10.6 Å². The topological polar surface area (TPSA) is 99.9 Å². The highest BCUT2D eigenvalue weighted by Gasteiger charge is 2.24. The van der Waals surface area contributed by atoms with E-state index in [1.807, 2.05) is 11.0 Å². The van der Waals surface area contributed by atoms with E-state index in [0.29, 0.717) is 60.0 Å². The van der Waals surface area contributed by atoms with E-state index in [2.05, 4.69) is 16.6 Å². The van der Waals surface area contributed by atoms with Crippen LogP contribution >= 0.6 is 11.6 Å². The smallest absolute Gasteiger partial charge is 0.274 e. The lowest BCUT2D eigenvalue weighted by Gasteiger charge is -2.34. The van der Waals surface area contributed by atoms with Gasteiger partial charge in [0.1, 0.15) is 11.1 Å². The van der Waals surface area contributed by atoms with Crippen LogP contribution in [0, 0.1) is 0 Å². The van der Waals surface area contributed by atoms with E-state index >= 15 is 0 Å². The molecule has 1 aromatic carbocycles. The number of imidazole rings is 1. The third-order valence-corrected chi connectivity index (χ3v) is 6.68. The van der Waals surface area contributed by atoms with Gasteiger partial charge in [-0.15, -0.1) is 0 Å². The SMILES string of the molecule is C=c1c(=O)[nH]c2n1Cc1c(ccc(OCCCC(=O)N(CCO)C3CCCCC3)c1Cl)N=2. The number of amides is 1. The van der Waals surface area contributed by atoms with Gasteiger partial charge in [-0.3, -0.25) is 14.6 Å². The molecule has 0 bridgehead atoms. The van der Waals surface area contributed by atoms with Crippen molar-refractivity contribution in [1.82, 2.24) is 14.5 Å². The molecule has 1 aromatic heterocycles. The fraction of sp³-hybridized carbons (Fsp3) is 0.522. The summed E-state index contributed by atoms with van der Waals surface area (Å²) in [5, 5.41) is 10.2. The first-order valence-electron chi connectivity index (χ1n) is 11.2. The molecular weight excluding hydrogens is 432 g/mol. The first-order chi connectivity index (χ1) is 15.5. The van der Waals surface area contributed by atoms with Crippen LogP contribution in [-0.2, 0) is 11.3 Å². The molecule has 0 saturated heterocycles. The molecule has 32 heavy (non-hydrogen) atoms. The highest BCUT2D eigenvalue weighted by atomic mass is 35.5. The second kappa shape index (κ2) is 9.92. The van der Waals surface area contributed by atoms with Crippen LogP contribution in [0.15, 0.2) is 21.9 Å². The fourth-order valence-corrected chi connectivity index (χ4v) is 4.81. The summed E-state index contributed by atoms with van der Waals surface area (Å²) < 4.78 is 7.57. The van der Waals surface area contributed by atoms with Gasteiger partial charge in [0.05, 0.1) is 30.5 Å². The second-order valence-corrected chi connectivity index (χ2v) is 8.73. The van der Waals surface area contributed by atoms with E-state index in [9.17, 15) is 14.7 Å². The number of halogens is 1. The van der Waals surface area contributed by atoms with Gasteiger partial charge >= 0.3 is 0 Å². The molecule has 4 rings (SSSR count). The zero-order valence-electron chi connectivity index (χ0n) is 18.1. The number of benzene rings is 1. The molecule has 172 valence electrons. The number of nitrogens with one attached hydrogen (secondary N) is 1. The number of aromatic amines is 1. The van der Waals surface area contributed by atoms with Crippen molar-refractivity contribution < 1.29 is 14.6 Å². The van der Waals surface area contributed by atoms with Crippen molar-refractivity contribution >= 4 is 29.8 Å². The first-order valence-corrected chi connectivity index (χ1v) is 11.6. The van der Waals surface area contributed by atoms with Crippen molar-refractivity contribution in [3.63, 3.8) is 0 Å². The van der Waals surface area contributed by atoms with Crippen LogP contribution in [0.1, 0.15) is 50.5 Å². The number of ether oxygens (including phenoxy) is 1. The number of hydrogen-bond donors (Lipinski definition) is 2. The molecule has 8 nitrogen and oxygen atoms in total. The van der Waals surface area contributed by atoms with Gasteiger partial charge in [0.25, 0.3) is 5.56 Å². The van der Waals surface area contributed by atoms with Crippen LogP contribution in [0.25, 0.3) is 6.58 Å². The summed E-state index contributed by atoms with van der Waals surface area (Å²) in [6.07, 6.45) is 6.46. The fourth-order valence-electron chi connectivity index (χ4n) is 4.54. The normalized spacial score (nSPS) is 15.6. The van der Waals surface area contributed by atoms with Gasteiger partial charge < -0.3 is 19.3 Å². The average molecular weight is 461 g/mol. The Balaban J connectivity index is 1.36. The highest BCUT2D eigenvalue weighted by molar-refractivity contribution is 6.33. The lowest BCUT2D eigenvalue weighted by molar-refractivity contribution is -0.135. The minimum absolute atomic E-state index is 0.0156. The number of aliphatic hydroxyl groups excluding tert-OH is 1. The number of nitrogens with zero attached hydrogens (tertiary/aromatic N) is 3. The van der Waals surface area contributed by atoms with Gasteiger partial charge in [-0.25, -0.2) is 4.99 Å². The summed E-state index contributed by atoms with van der Waals surface area (Å²) in [5.74, 6) is 0.595. The maximum atomic E-state index is 12.7. The lowest BCUT2D eigenvalue weighted by Crippen LogP contribution is -2.43. The average Bonchev–Trinajstić information content (AvgIpc) is 3.08. The zero-order chi connectivity index (χ0) is 22.7. The molecule has 1 saturated carbocycles. The molecular formula is C23H29ClN4O4. The summed E-state index contributed by atoms with van der Waals surface area (Å²) in [7, 11) is 0. The number of H-pyrrole nitrogens is 1. The standard InChI is InChI=1S/C23H29ClN4O4/c1-15-22(31)26-23-25-18-9-10-19(21(24)17(18)14-28(15)23)32-13-5-8-20(30)27(11-12-29)16-6-3-2-4-7-16/h9-10,16,29H,1-8,11-14H2,(H,25,26,31). The highest BCUT2D eigenvalue weighted by Crippen LogP contribution is 2.36. The van der Waals surface area contributed by atoms with Gasteiger partial charge in [-0.1, -0.05) is 37.4 Å². The van der Waals surface area contributed by atoms with Gasteiger partial charge in [-0.05, 0) is 31.4 Å². The molecule has 1 aliphatic heterocycles. The predicted octanol–water partition coefficient (Wildman–Crippen LogP) is 1.87. The van der Waals surface area contributed by atoms with Crippen LogP contribution in [0.5, 0.6) is 5.75 Å². The molecule has 0 radical (unpaired) electrons. The Bertz CT molecular complexity index is 1150. The first kappa shape index (κ1) is 22.6. The molecule has 9 heteroatoms. The molecule has 1 amide bonds. The Kier molecular flexibility index (Phi) is 7.01. The van der Waals surface area contributed by atoms with Gasteiger partial charge in [0.15, 0.2) is 0 Å². The minimum Gasteiger partial charge on any atom is -0.492 e. The van der Waals surface area contributed by atoms with E-state index in [1.165, 1.54) is 6.42 Å². The van der Waals surface area contributed by atoms with Crippen molar-refractivity contribution in [3.8, 4) is 5.75 Å². The van der Waals surface area contributed by atoms with Gasteiger partial charge in [-0.2, -0.15) is 0 Å². The Morgan fingerprint density at radius 3 is 2.88 bits per heavy atom. The van der Waals surface area contributed by atoms with Crippen molar-refractivity contribution in [2.24, 2.45) is 4.99 Å². The Hall–Kier alpha value is -2.58. The second-order valence-electron chi connectivity index (χ2n) is 8.35. The third kappa shape index (κ3) is 4.61. The molecule has 0 unspecified atom stereocenters.